The first kappa shape index (κ1) is 16.0. The smallest absolute Gasteiger partial charge is 0.241 e. The molecule has 0 bridgehead atoms. The number of sulfonamides is 1. The molecular weight excluding hydrogens is 310 g/mol. The van der Waals surface area contributed by atoms with Crippen LogP contribution in [-0.4, -0.2) is 39.7 Å². The Morgan fingerprint density at radius 3 is 1.82 bits per heavy atom. The second-order valence-corrected chi connectivity index (χ2v) is 5.76. The fraction of sp³-hybridized carbons (Fsp3) is 0.231. The molecule has 0 aliphatic heterocycles. The minimum absolute atomic E-state index is 0.163. The molecule has 9 heteroatoms. The van der Waals surface area contributed by atoms with Crippen molar-refractivity contribution < 1.29 is 22.6 Å². The molecular formula is C13H15N3O5S. The third kappa shape index (κ3) is 3.10. The third-order valence-electron chi connectivity index (χ3n) is 2.88. The molecule has 0 unspecified atom stereocenters. The number of aromatic nitrogens is 2. The summed E-state index contributed by atoms with van der Waals surface area (Å²) in [5, 5.41) is 5.01. The van der Waals surface area contributed by atoms with E-state index in [4.69, 9.17) is 19.3 Å². The van der Waals surface area contributed by atoms with Crippen LogP contribution in [0.3, 0.4) is 0 Å². The van der Waals surface area contributed by atoms with Crippen LogP contribution >= 0.6 is 0 Å². The SMILES string of the molecule is COc1cc(-c2ncc(S(N)(=O)=O)cn2)cc(OC)c1OC. The predicted molar refractivity (Wildman–Crippen MR) is 78.5 cm³/mol. The first-order chi connectivity index (χ1) is 10.4. The molecule has 0 spiro atoms. The van der Waals surface area contributed by atoms with Crippen molar-refractivity contribution in [2.45, 2.75) is 4.90 Å². The molecule has 0 aliphatic rings. The Balaban J connectivity index is 2.53. The first-order valence-corrected chi connectivity index (χ1v) is 7.60. The van der Waals surface area contributed by atoms with E-state index in [0.717, 1.165) is 12.4 Å². The van der Waals surface area contributed by atoms with Crippen molar-refractivity contribution in [2.75, 3.05) is 21.3 Å². The summed E-state index contributed by atoms with van der Waals surface area (Å²) >= 11 is 0. The van der Waals surface area contributed by atoms with E-state index in [0.29, 0.717) is 28.6 Å². The predicted octanol–water partition coefficient (Wildman–Crippen LogP) is 0.817. The van der Waals surface area contributed by atoms with Gasteiger partial charge in [0.05, 0.1) is 33.7 Å². The number of primary sulfonamides is 1. The maximum absolute atomic E-state index is 11.2. The Kier molecular flexibility index (Phi) is 4.48. The van der Waals surface area contributed by atoms with Crippen molar-refractivity contribution in [3.05, 3.63) is 24.5 Å². The van der Waals surface area contributed by atoms with Crippen LogP contribution in [0, 0.1) is 0 Å². The van der Waals surface area contributed by atoms with E-state index in [1.165, 1.54) is 21.3 Å². The molecule has 0 radical (unpaired) electrons. The Bertz CT molecular complexity index is 750. The van der Waals surface area contributed by atoms with Gasteiger partial charge in [-0.2, -0.15) is 0 Å². The lowest BCUT2D eigenvalue weighted by Gasteiger charge is -2.13. The average molecular weight is 325 g/mol. The average Bonchev–Trinajstić information content (AvgIpc) is 2.52. The Morgan fingerprint density at radius 2 is 1.45 bits per heavy atom. The Morgan fingerprint density at radius 1 is 0.955 bits per heavy atom. The first-order valence-electron chi connectivity index (χ1n) is 6.06. The zero-order valence-corrected chi connectivity index (χ0v) is 13.0. The maximum Gasteiger partial charge on any atom is 0.241 e. The highest BCUT2D eigenvalue weighted by atomic mass is 32.2. The molecule has 0 amide bonds. The van der Waals surface area contributed by atoms with Crippen molar-refractivity contribution in [3.63, 3.8) is 0 Å². The van der Waals surface area contributed by atoms with Gasteiger partial charge in [0.15, 0.2) is 17.3 Å². The van der Waals surface area contributed by atoms with Crippen LogP contribution in [0.4, 0.5) is 0 Å². The summed E-state index contributed by atoms with van der Waals surface area (Å²) in [6.45, 7) is 0. The number of nitrogens with zero attached hydrogens (tertiary/aromatic N) is 2. The third-order valence-corrected chi connectivity index (χ3v) is 3.75. The zero-order chi connectivity index (χ0) is 16.3. The van der Waals surface area contributed by atoms with Crippen LogP contribution in [-0.2, 0) is 10.0 Å². The molecule has 1 heterocycles. The van der Waals surface area contributed by atoms with Crippen molar-refractivity contribution in [1.29, 1.82) is 0 Å². The van der Waals surface area contributed by atoms with Crippen LogP contribution in [0.5, 0.6) is 17.2 Å². The standard InChI is InChI=1S/C13H15N3O5S/c1-19-10-4-8(5-11(20-2)12(10)21-3)13-15-6-9(7-16-13)22(14,17)18/h4-7H,1-3H3,(H2,14,17,18). The molecule has 0 fully saturated rings. The Labute approximate surface area is 127 Å². The van der Waals surface area contributed by atoms with Crippen LogP contribution in [0.1, 0.15) is 0 Å². The lowest BCUT2D eigenvalue weighted by atomic mass is 10.1. The topological polar surface area (TPSA) is 114 Å². The summed E-state index contributed by atoms with van der Waals surface area (Å²) in [4.78, 5) is 7.84. The number of hydrogen-bond acceptors (Lipinski definition) is 7. The number of nitrogens with two attached hydrogens (primary N) is 1. The number of benzene rings is 1. The molecule has 118 valence electrons. The quantitative estimate of drug-likeness (QED) is 0.865. The summed E-state index contributed by atoms with van der Waals surface area (Å²) in [7, 11) is 0.649. The fourth-order valence-corrected chi connectivity index (χ4v) is 2.22. The number of ether oxygens (including phenoxy) is 3. The largest absolute Gasteiger partial charge is 0.493 e. The molecule has 0 atom stereocenters. The van der Waals surface area contributed by atoms with E-state index in [1.807, 2.05) is 0 Å². The maximum atomic E-state index is 11.2. The van der Waals surface area contributed by atoms with Gasteiger partial charge in [0.2, 0.25) is 15.8 Å². The van der Waals surface area contributed by atoms with Crippen LogP contribution in [0.15, 0.2) is 29.4 Å². The van der Waals surface area contributed by atoms with Gasteiger partial charge in [-0.15, -0.1) is 0 Å². The molecule has 0 saturated heterocycles. The highest BCUT2D eigenvalue weighted by Gasteiger charge is 2.16. The van der Waals surface area contributed by atoms with Gasteiger partial charge in [0, 0.05) is 5.56 Å². The van der Waals surface area contributed by atoms with Gasteiger partial charge in [-0.1, -0.05) is 0 Å². The van der Waals surface area contributed by atoms with E-state index >= 15 is 0 Å². The van der Waals surface area contributed by atoms with Crippen LogP contribution in [0.25, 0.3) is 11.4 Å². The lowest BCUT2D eigenvalue weighted by Crippen LogP contribution is -2.13. The highest BCUT2D eigenvalue weighted by Crippen LogP contribution is 2.40. The van der Waals surface area contributed by atoms with E-state index in [9.17, 15) is 8.42 Å². The molecule has 2 aromatic rings. The van der Waals surface area contributed by atoms with Crippen molar-refractivity contribution in [3.8, 4) is 28.6 Å². The van der Waals surface area contributed by atoms with Gasteiger partial charge in [0.25, 0.3) is 0 Å². The van der Waals surface area contributed by atoms with Gasteiger partial charge in [0.1, 0.15) is 4.90 Å². The van der Waals surface area contributed by atoms with E-state index < -0.39 is 10.0 Å². The molecule has 2 rings (SSSR count). The molecule has 1 aromatic heterocycles. The van der Waals surface area contributed by atoms with Crippen molar-refractivity contribution in [2.24, 2.45) is 5.14 Å². The summed E-state index contributed by atoms with van der Waals surface area (Å²) in [6.07, 6.45) is 2.28. The van der Waals surface area contributed by atoms with Crippen molar-refractivity contribution >= 4 is 10.0 Å². The molecule has 0 aliphatic carbocycles. The molecule has 8 nitrogen and oxygen atoms in total. The molecule has 0 saturated carbocycles. The van der Waals surface area contributed by atoms with E-state index in [2.05, 4.69) is 9.97 Å². The van der Waals surface area contributed by atoms with Crippen LogP contribution < -0.4 is 19.3 Å². The zero-order valence-electron chi connectivity index (χ0n) is 12.2. The monoisotopic (exact) mass is 325 g/mol. The summed E-state index contributed by atoms with van der Waals surface area (Å²) in [5.41, 5.74) is 0.579. The van der Waals surface area contributed by atoms with E-state index in [1.54, 1.807) is 12.1 Å². The van der Waals surface area contributed by atoms with E-state index in [-0.39, 0.29) is 4.90 Å². The van der Waals surface area contributed by atoms with Gasteiger partial charge >= 0.3 is 0 Å². The molecule has 22 heavy (non-hydrogen) atoms. The highest BCUT2D eigenvalue weighted by molar-refractivity contribution is 7.89. The van der Waals surface area contributed by atoms with Gasteiger partial charge in [-0.05, 0) is 12.1 Å². The number of rotatable bonds is 5. The van der Waals surface area contributed by atoms with Gasteiger partial charge < -0.3 is 14.2 Å². The second-order valence-electron chi connectivity index (χ2n) is 4.20. The van der Waals surface area contributed by atoms with Crippen molar-refractivity contribution in [1.82, 2.24) is 9.97 Å². The lowest BCUT2D eigenvalue weighted by molar-refractivity contribution is 0.324. The van der Waals surface area contributed by atoms with Gasteiger partial charge in [-0.25, -0.2) is 23.5 Å². The minimum Gasteiger partial charge on any atom is -0.493 e. The van der Waals surface area contributed by atoms with Gasteiger partial charge in [-0.3, -0.25) is 0 Å². The number of methoxy groups -OCH3 is 3. The fourth-order valence-electron chi connectivity index (χ4n) is 1.82. The normalized spacial score (nSPS) is 11.1. The molecule has 1 aromatic carbocycles. The second kappa shape index (κ2) is 6.16. The number of hydrogen-bond donors (Lipinski definition) is 1. The summed E-state index contributed by atoms with van der Waals surface area (Å²) < 4.78 is 38.1. The summed E-state index contributed by atoms with van der Waals surface area (Å²) in [6, 6.07) is 3.32. The molecule has 2 N–H and O–H groups in total. The minimum atomic E-state index is -3.83. The van der Waals surface area contributed by atoms with Crippen LogP contribution in [0.2, 0.25) is 0 Å². The summed E-state index contributed by atoms with van der Waals surface area (Å²) in [5.74, 6) is 1.62. The Hall–Kier alpha value is -2.39.